The molecule has 3 heteroatoms. The minimum absolute atomic E-state index is 0.0476. The topological polar surface area (TPSA) is 32.9 Å². The molecule has 1 heterocycles. The quantitative estimate of drug-likeness (QED) is 0.818. The molecule has 17 heavy (non-hydrogen) atoms. The second-order valence-electron chi connectivity index (χ2n) is 3.98. The first-order chi connectivity index (χ1) is 8.22. The summed E-state index contributed by atoms with van der Waals surface area (Å²) in [5.41, 5.74) is 2.51. The van der Waals surface area contributed by atoms with E-state index in [0.717, 1.165) is 24.0 Å². The van der Waals surface area contributed by atoms with Gasteiger partial charge in [0.05, 0.1) is 0 Å². The molecule has 1 aromatic carbocycles. The number of nitrogens with one attached hydrogen (secondary N) is 1. The van der Waals surface area contributed by atoms with Crippen LogP contribution in [0.1, 0.15) is 34.8 Å². The van der Waals surface area contributed by atoms with Crippen molar-refractivity contribution in [3.63, 3.8) is 0 Å². The van der Waals surface area contributed by atoms with E-state index in [-0.39, 0.29) is 5.78 Å². The summed E-state index contributed by atoms with van der Waals surface area (Å²) in [4.78, 5) is 15.2. The number of benzene rings is 1. The fourth-order valence-electron chi connectivity index (χ4n) is 1.84. The molecule has 2 nitrogen and oxygen atoms in total. The normalized spacial score (nSPS) is 10.5. The fourth-order valence-corrected chi connectivity index (χ4v) is 1.97. The van der Waals surface area contributed by atoms with Crippen LogP contribution in [0.5, 0.6) is 0 Å². The number of halogens is 1. The van der Waals surface area contributed by atoms with Gasteiger partial charge in [-0.2, -0.15) is 0 Å². The molecule has 0 spiro atoms. The summed E-state index contributed by atoms with van der Waals surface area (Å²) in [6, 6.07) is 6.99. The van der Waals surface area contributed by atoms with Crippen LogP contribution in [0.4, 0.5) is 0 Å². The average molecular weight is 248 g/mol. The molecule has 0 unspecified atom stereocenters. The molecule has 1 N–H and O–H groups in total. The lowest BCUT2D eigenvalue weighted by Crippen LogP contribution is -2.02. The lowest BCUT2D eigenvalue weighted by atomic mass is 10.0. The van der Waals surface area contributed by atoms with Crippen molar-refractivity contribution < 1.29 is 4.79 Å². The van der Waals surface area contributed by atoms with Crippen LogP contribution in [-0.4, -0.2) is 10.8 Å². The monoisotopic (exact) mass is 247 g/mol. The Morgan fingerprint density at radius 1 is 1.24 bits per heavy atom. The minimum Gasteiger partial charge on any atom is -0.367 e. The van der Waals surface area contributed by atoms with Crippen LogP contribution in [0.3, 0.4) is 0 Å². The van der Waals surface area contributed by atoms with Crippen LogP contribution in [0, 0.1) is 0 Å². The third-order valence-electron chi connectivity index (χ3n) is 2.70. The number of H-pyrrole nitrogens is 1. The first kappa shape index (κ1) is 11.9. The van der Waals surface area contributed by atoms with Crippen LogP contribution >= 0.6 is 11.6 Å². The number of hydrogen-bond acceptors (Lipinski definition) is 1. The molecule has 0 aliphatic heterocycles. The Kier molecular flexibility index (Phi) is 3.64. The lowest BCUT2D eigenvalue weighted by Gasteiger charge is -2.02. The molecule has 0 bridgehead atoms. The third-order valence-corrected chi connectivity index (χ3v) is 2.95. The molecular weight excluding hydrogens is 234 g/mol. The van der Waals surface area contributed by atoms with E-state index >= 15 is 0 Å². The predicted octanol–water partition coefficient (Wildman–Crippen LogP) is 3.85. The van der Waals surface area contributed by atoms with Crippen LogP contribution in [-0.2, 0) is 6.42 Å². The Balaban J connectivity index is 2.30. The van der Waals surface area contributed by atoms with Crippen molar-refractivity contribution in [3.05, 3.63) is 58.4 Å². The van der Waals surface area contributed by atoms with Gasteiger partial charge in [-0.05, 0) is 36.2 Å². The molecule has 88 valence electrons. The van der Waals surface area contributed by atoms with E-state index in [4.69, 9.17) is 11.6 Å². The molecule has 0 saturated carbocycles. The lowest BCUT2D eigenvalue weighted by molar-refractivity contribution is 0.103. The van der Waals surface area contributed by atoms with Gasteiger partial charge in [-0.25, -0.2) is 0 Å². The predicted molar refractivity (Wildman–Crippen MR) is 69.7 cm³/mol. The zero-order valence-electron chi connectivity index (χ0n) is 9.66. The van der Waals surface area contributed by atoms with Crippen LogP contribution in [0.2, 0.25) is 5.02 Å². The summed E-state index contributed by atoms with van der Waals surface area (Å²) in [6.45, 7) is 2.10. The molecule has 2 rings (SSSR count). The molecule has 0 atom stereocenters. The molecule has 0 fully saturated rings. The zero-order chi connectivity index (χ0) is 12.3. The Labute approximate surface area is 106 Å². The van der Waals surface area contributed by atoms with Crippen molar-refractivity contribution in [2.75, 3.05) is 0 Å². The molecule has 2 aromatic rings. The molecule has 0 aliphatic carbocycles. The van der Waals surface area contributed by atoms with Crippen molar-refractivity contribution in [2.45, 2.75) is 19.8 Å². The van der Waals surface area contributed by atoms with Crippen molar-refractivity contribution in [2.24, 2.45) is 0 Å². The summed E-state index contributed by atoms with van der Waals surface area (Å²) in [6.07, 6.45) is 5.60. The summed E-state index contributed by atoms with van der Waals surface area (Å²) in [7, 11) is 0. The summed E-state index contributed by atoms with van der Waals surface area (Å²) < 4.78 is 0. The maximum atomic E-state index is 12.3. The molecule has 0 saturated heterocycles. The highest BCUT2D eigenvalue weighted by atomic mass is 35.5. The van der Waals surface area contributed by atoms with Gasteiger partial charge in [0, 0.05) is 28.5 Å². The Bertz CT molecular complexity index is 513. The largest absolute Gasteiger partial charge is 0.367 e. The summed E-state index contributed by atoms with van der Waals surface area (Å²) in [5.74, 6) is 0.0476. The average Bonchev–Trinajstić information content (AvgIpc) is 2.78. The van der Waals surface area contributed by atoms with Gasteiger partial charge in [0.1, 0.15) is 0 Å². The van der Waals surface area contributed by atoms with Crippen molar-refractivity contribution >= 4 is 17.4 Å². The van der Waals surface area contributed by atoms with E-state index in [0.29, 0.717) is 10.6 Å². The van der Waals surface area contributed by atoms with Crippen molar-refractivity contribution in [3.8, 4) is 0 Å². The molecule has 0 radical (unpaired) electrons. The van der Waals surface area contributed by atoms with Gasteiger partial charge in [0.25, 0.3) is 0 Å². The first-order valence-corrected chi connectivity index (χ1v) is 6.06. The third kappa shape index (κ3) is 2.59. The van der Waals surface area contributed by atoms with Crippen LogP contribution < -0.4 is 0 Å². The maximum absolute atomic E-state index is 12.3. The number of carbonyl (C=O) groups excluding carboxylic acids is 1. The highest BCUT2D eigenvalue weighted by Crippen LogP contribution is 2.17. The van der Waals surface area contributed by atoms with Gasteiger partial charge in [-0.1, -0.05) is 24.9 Å². The number of aromatic nitrogens is 1. The van der Waals surface area contributed by atoms with E-state index in [2.05, 4.69) is 11.9 Å². The van der Waals surface area contributed by atoms with E-state index in [9.17, 15) is 4.79 Å². The maximum Gasteiger partial charge on any atom is 0.194 e. The van der Waals surface area contributed by atoms with E-state index in [1.165, 1.54) is 0 Å². The SMILES string of the molecule is CCCc1c[nH]cc1C(=O)c1ccc(Cl)cc1. The number of aryl methyl sites for hydroxylation is 1. The number of ketones is 1. The first-order valence-electron chi connectivity index (χ1n) is 5.68. The Morgan fingerprint density at radius 2 is 1.94 bits per heavy atom. The Hall–Kier alpha value is -1.54. The Morgan fingerprint density at radius 3 is 2.59 bits per heavy atom. The van der Waals surface area contributed by atoms with Gasteiger partial charge < -0.3 is 4.98 Å². The second kappa shape index (κ2) is 5.19. The van der Waals surface area contributed by atoms with Gasteiger partial charge in [0.15, 0.2) is 5.78 Å². The minimum atomic E-state index is 0.0476. The summed E-state index contributed by atoms with van der Waals surface area (Å²) >= 11 is 5.80. The molecular formula is C14H14ClNO. The van der Waals surface area contributed by atoms with Crippen LogP contribution in [0.15, 0.2) is 36.7 Å². The number of hydrogen-bond donors (Lipinski definition) is 1. The fraction of sp³-hybridized carbons (Fsp3) is 0.214. The molecule has 1 aromatic heterocycles. The van der Waals surface area contributed by atoms with Crippen LogP contribution in [0.25, 0.3) is 0 Å². The highest BCUT2D eigenvalue weighted by Gasteiger charge is 2.13. The van der Waals surface area contributed by atoms with E-state index in [1.807, 2.05) is 6.20 Å². The summed E-state index contributed by atoms with van der Waals surface area (Å²) in [5, 5.41) is 0.643. The van der Waals surface area contributed by atoms with Gasteiger partial charge in [0.2, 0.25) is 0 Å². The van der Waals surface area contributed by atoms with Crippen molar-refractivity contribution in [1.29, 1.82) is 0 Å². The smallest absolute Gasteiger partial charge is 0.194 e. The van der Waals surface area contributed by atoms with Crippen molar-refractivity contribution in [1.82, 2.24) is 4.98 Å². The molecule has 0 amide bonds. The van der Waals surface area contributed by atoms with E-state index < -0.39 is 0 Å². The number of rotatable bonds is 4. The van der Waals surface area contributed by atoms with E-state index in [1.54, 1.807) is 30.5 Å². The highest BCUT2D eigenvalue weighted by molar-refractivity contribution is 6.30. The number of aromatic amines is 1. The number of carbonyl (C=O) groups is 1. The standard InChI is InChI=1S/C14H14ClNO/c1-2-3-11-8-16-9-13(11)14(17)10-4-6-12(15)7-5-10/h4-9,16H,2-3H2,1H3. The second-order valence-corrected chi connectivity index (χ2v) is 4.42. The van der Waals surface area contributed by atoms with Gasteiger partial charge in [-0.15, -0.1) is 0 Å². The van der Waals surface area contributed by atoms with Gasteiger partial charge in [-0.3, -0.25) is 4.79 Å². The zero-order valence-corrected chi connectivity index (χ0v) is 10.4. The molecule has 0 aliphatic rings. The van der Waals surface area contributed by atoms with Gasteiger partial charge >= 0.3 is 0 Å².